The van der Waals surface area contributed by atoms with Gasteiger partial charge in [-0.05, 0) is 55.3 Å². The van der Waals surface area contributed by atoms with Gasteiger partial charge in [-0.1, -0.05) is 11.2 Å². The van der Waals surface area contributed by atoms with E-state index in [2.05, 4.69) is 20.8 Å². The number of nitrogens with zero attached hydrogens (tertiary/aromatic N) is 2. The lowest BCUT2D eigenvalue weighted by Gasteiger charge is -2.12. The van der Waals surface area contributed by atoms with Crippen LogP contribution in [0.1, 0.15) is 24.4 Å². The summed E-state index contributed by atoms with van der Waals surface area (Å²) in [7, 11) is 3.16. The predicted octanol–water partition coefficient (Wildman–Crippen LogP) is 3.50. The number of hydrogen-bond acceptors (Lipinski definition) is 6. The molecule has 1 atom stereocenters. The second-order valence-electron chi connectivity index (χ2n) is 6.52. The molecule has 0 radical (unpaired) electrons. The van der Waals surface area contributed by atoms with Gasteiger partial charge in [0.05, 0.1) is 14.2 Å². The lowest BCUT2D eigenvalue weighted by molar-refractivity contribution is 0.234. The molecule has 2 aromatic carbocycles. The van der Waals surface area contributed by atoms with Gasteiger partial charge in [0.15, 0.2) is 11.5 Å². The number of aromatic nitrogens is 2. The van der Waals surface area contributed by atoms with Crippen molar-refractivity contribution in [2.75, 3.05) is 20.8 Å². The molecule has 0 saturated carbocycles. The van der Waals surface area contributed by atoms with Crippen LogP contribution in [0.25, 0.3) is 11.4 Å². The van der Waals surface area contributed by atoms with Crippen molar-refractivity contribution in [3.63, 3.8) is 0 Å². The molecule has 1 unspecified atom stereocenters. The second-order valence-corrected chi connectivity index (χ2v) is 6.52. The van der Waals surface area contributed by atoms with E-state index >= 15 is 0 Å². The molecule has 30 heavy (non-hydrogen) atoms. The molecule has 2 amide bonds. The van der Waals surface area contributed by atoms with E-state index in [1.807, 2.05) is 18.2 Å². The molecule has 0 fully saturated rings. The summed E-state index contributed by atoms with van der Waals surface area (Å²) >= 11 is 0. The van der Waals surface area contributed by atoms with Crippen LogP contribution >= 0.6 is 0 Å². The molecule has 3 aromatic rings. The number of rotatable bonds is 8. The van der Waals surface area contributed by atoms with Crippen LogP contribution in [0.15, 0.2) is 47.0 Å². The van der Waals surface area contributed by atoms with Crippen molar-refractivity contribution in [2.24, 2.45) is 0 Å². The molecule has 0 bridgehead atoms. The van der Waals surface area contributed by atoms with Crippen LogP contribution in [0.2, 0.25) is 0 Å². The summed E-state index contributed by atoms with van der Waals surface area (Å²) in [5, 5.41) is 9.41. The maximum atomic E-state index is 13.0. The quantitative estimate of drug-likeness (QED) is 0.585. The molecule has 3 rings (SSSR count). The molecular formula is C21H23FN4O4. The van der Waals surface area contributed by atoms with Crippen molar-refractivity contribution in [2.45, 2.75) is 19.4 Å². The molecule has 2 N–H and O–H groups in total. The van der Waals surface area contributed by atoms with Crippen LogP contribution in [-0.4, -0.2) is 36.9 Å². The third-order valence-electron chi connectivity index (χ3n) is 4.41. The summed E-state index contributed by atoms with van der Waals surface area (Å²) in [6.07, 6.45) is 0.622. The van der Waals surface area contributed by atoms with Gasteiger partial charge in [0, 0.05) is 12.1 Å². The molecule has 0 saturated heterocycles. The predicted molar refractivity (Wildman–Crippen MR) is 108 cm³/mol. The summed E-state index contributed by atoms with van der Waals surface area (Å²) in [5.74, 6) is 1.53. The van der Waals surface area contributed by atoms with Crippen LogP contribution in [0.5, 0.6) is 11.5 Å². The second kappa shape index (κ2) is 9.73. The van der Waals surface area contributed by atoms with Crippen LogP contribution in [0, 0.1) is 5.82 Å². The van der Waals surface area contributed by atoms with E-state index in [0.29, 0.717) is 35.9 Å². The van der Waals surface area contributed by atoms with E-state index in [1.54, 1.807) is 33.3 Å². The van der Waals surface area contributed by atoms with E-state index < -0.39 is 6.04 Å². The number of nitrogens with one attached hydrogen (secondary N) is 2. The minimum atomic E-state index is -0.493. The first-order valence-corrected chi connectivity index (χ1v) is 9.35. The fourth-order valence-electron chi connectivity index (χ4n) is 2.79. The number of carbonyl (C=O) groups excluding carboxylic acids is 1. The monoisotopic (exact) mass is 414 g/mol. The number of halogens is 1. The SMILES string of the molecule is COc1ccc(CCNC(=O)NC(C)c2nc(-c3ccc(F)cc3)no2)cc1OC. The Hall–Kier alpha value is -3.62. The van der Waals surface area contributed by atoms with E-state index in [1.165, 1.54) is 12.1 Å². The molecular weight excluding hydrogens is 391 g/mol. The largest absolute Gasteiger partial charge is 0.493 e. The number of methoxy groups -OCH3 is 2. The van der Waals surface area contributed by atoms with Crippen molar-refractivity contribution >= 4 is 6.03 Å². The summed E-state index contributed by atoms with van der Waals surface area (Å²) in [6, 6.07) is 10.5. The molecule has 8 nitrogen and oxygen atoms in total. The van der Waals surface area contributed by atoms with Gasteiger partial charge in [-0.25, -0.2) is 9.18 Å². The van der Waals surface area contributed by atoms with Crippen molar-refractivity contribution in [1.82, 2.24) is 20.8 Å². The lowest BCUT2D eigenvalue weighted by Crippen LogP contribution is -2.38. The van der Waals surface area contributed by atoms with Crippen LogP contribution in [0.4, 0.5) is 9.18 Å². The smallest absolute Gasteiger partial charge is 0.315 e. The van der Waals surface area contributed by atoms with Crippen molar-refractivity contribution in [3.05, 3.63) is 59.7 Å². The summed E-state index contributed by atoms with van der Waals surface area (Å²) in [5.41, 5.74) is 1.62. The number of benzene rings is 2. The van der Waals surface area contributed by atoms with Gasteiger partial charge >= 0.3 is 6.03 Å². The highest BCUT2D eigenvalue weighted by Crippen LogP contribution is 2.27. The zero-order chi connectivity index (χ0) is 21.5. The van der Waals surface area contributed by atoms with Gasteiger partial charge in [-0.2, -0.15) is 4.98 Å². The molecule has 1 heterocycles. The first-order valence-electron chi connectivity index (χ1n) is 9.35. The topological polar surface area (TPSA) is 98.5 Å². The van der Waals surface area contributed by atoms with Gasteiger partial charge in [0.25, 0.3) is 0 Å². The normalized spacial score (nSPS) is 11.6. The zero-order valence-corrected chi connectivity index (χ0v) is 16.9. The van der Waals surface area contributed by atoms with E-state index in [4.69, 9.17) is 14.0 Å². The Labute approximate surface area is 173 Å². The fraction of sp³-hybridized carbons (Fsp3) is 0.286. The third kappa shape index (κ3) is 5.25. The lowest BCUT2D eigenvalue weighted by atomic mass is 10.1. The Kier molecular flexibility index (Phi) is 6.84. The summed E-state index contributed by atoms with van der Waals surface area (Å²) in [6.45, 7) is 2.16. The van der Waals surface area contributed by atoms with Crippen LogP contribution < -0.4 is 20.1 Å². The zero-order valence-electron chi connectivity index (χ0n) is 16.9. The fourth-order valence-corrected chi connectivity index (χ4v) is 2.79. The third-order valence-corrected chi connectivity index (χ3v) is 4.41. The number of amides is 2. The standard InChI is InChI=1S/C21H23FN4O4/c1-13(20-25-19(26-30-20)15-5-7-16(22)8-6-15)24-21(27)23-11-10-14-4-9-17(28-2)18(12-14)29-3/h4-9,12-13H,10-11H2,1-3H3,(H2,23,24,27). The van der Waals surface area contributed by atoms with E-state index in [0.717, 1.165) is 5.56 Å². The Balaban J connectivity index is 1.50. The number of ether oxygens (including phenoxy) is 2. The van der Waals surface area contributed by atoms with Gasteiger partial charge < -0.3 is 24.6 Å². The highest BCUT2D eigenvalue weighted by molar-refractivity contribution is 5.74. The number of hydrogen-bond donors (Lipinski definition) is 2. The average molecular weight is 414 g/mol. The molecule has 0 spiro atoms. The van der Waals surface area contributed by atoms with Crippen molar-refractivity contribution in [1.29, 1.82) is 0 Å². The molecule has 0 aliphatic carbocycles. The van der Waals surface area contributed by atoms with E-state index in [9.17, 15) is 9.18 Å². The first kappa shape index (κ1) is 21.1. The molecule has 0 aliphatic heterocycles. The number of urea groups is 1. The Morgan fingerprint density at radius 2 is 1.87 bits per heavy atom. The van der Waals surface area contributed by atoms with Gasteiger partial charge in [0.2, 0.25) is 11.7 Å². The minimum absolute atomic E-state index is 0.254. The maximum Gasteiger partial charge on any atom is 0.315 e. The van der Waals surface area contributed by atoms with Crippen LogP contribution in [-0.2, 0) is 6.42 Å². The first-order chi connectivity index (χ1) is 14.5. The minimum Gasteiger partial charge on any atom is -0.493 e. The Morgan fingerprint density at radius 3 is 2.57 bits per heavy atom. The van der Waals surface area contributed by atoms with E-state index in [-0.39, 0.29) is 17.7 Å². The number of carbonyl (C=O) groups is 1. The van der Waals surface area contributed by atoms with Gasteiger partial charge in [-0.3, -0.25) is 0 Å². The van der Waals surface area contributed by atoms with Gasteiger partial charge in [0.1, 0.15) is 11.9 Å². The van der Waals surface area contributed by atoms with Crippen molar-refractivity contribution in [3.8, 4) is 22.9 Å². The summed E-state index contributed by atoms with van der Waals surface area (Å²) in [4.78, 5) is 16.4. The van der Waals surface area contributed by atoms with Gasteiger partial charge in [-0.15, -0.1) is 0 Å². The highest BCUT2D eigenvalue weighted by atomic mass is 19.1. The van der Waals surface area contributed by atoms with Crippen LogP contribution in [0.3, 0.4) is 0 Å². The summed E-state index contributed by atoms with van der Waals surface area (Å²) < 4.78 is 28.7. The molecule has 158 valence electrons. The average Bonchev–Trinajstić information content (AvgIpc) is 3.24. The Bertz CT molecular complexity index is 991. The Morgan fingerprint density at radius 1 is 1.13 bits per heavy atom. The highest BCUT2D eigenvalue weighted by Gasteiger charge is 2.17. The maximum absolute atomic E-state index is 13.0. The molecule has 9 heteroatoms. The molecule has 0 aliphatic rings. The van der Waals surface area contributed by atoms with Crippen molar-refractivity contribution < 1.29 is 23.2 Å². The molecule has 1 aromatic heterocycles.